The number of carbonyl (C=O) groups excluding carboxylic acids is 1. The van der Waals surface area contributed by atoms with Crippen molar-refractivity contribution in [1.29, 1.82) is 0 Å². The zero-order valence-corrected chi connectivity index (χ0v) is 14.4. The highest BCUT2D eigenvalue weighted by atomic mass is 32.2. The second-order valence-corrected chi connectivity index (χ2v) is 7.08. The van der Waals surface area contributed by atoms with Crippen molar-refractivity contribution in [2.75, 3.05) is 11.1 Å². The molecule has 0 fully saturated rings. The van der Waals surface area contributed by atoms with Crippen molar-refractivity contribution >= 4 is 34.7 Å². The number of amides is 1. The number of rotatable bonds is 6. The molecule has 24 heavy (non-hydrogen) atoms. The molecular weight excluding hydrogens is 343 g/mol. The number of nitrogens with one attached hydrogen (secondary N) is 1. The zero-order chi connectivity index (χ0) is 16.8. The molecule has 0 unspecified atom stereocenters. The lowest BCUT2D eigenvalue weighted by atomic mass is 10.2. The van der Waals surface area contributed by atoms with Gasteiger partial charge in [0, 0.05) is 39.9 Å². The predicted molar refractivity (Wildman–Crippen MR) is 97.9 cm³/mol. The Bertz CT molecular complexity index is 787. The van der Waals surface area contributed by atoms with Gasteiger partial charge in [0.1, 0.15) is 10.8 Å². The molecule has 6 heteroatoms. The second-order valence-electron chi connectivity index (χ2n) is 5.02. The van der Waals surface area contributed by atoms with Crippen LogP contribution in [0.5, 0.6) is 0 Å². The van der Waals surface area contributed by atoms with E-state index < -0.39 is 0 Å². The molecule has 1 N–H and O–H groups in total. The van der Waals surface area contributed by atoms with Crippen molar-refractivity contribution in [2.45, 2.75) is 11.3 Å². The molecule has 0 atom stereocenters. The van der Waals surface area contributed by atoms with Crippen LogP contribution in [-0.4, -0.2) is 16.6 Å². The molecule has 0 bridgehead atoms. The summed E-state index contributed by atoms with van der Waals surface area (Å²) in [4.78, 5) is 17.2. The smallest absolute Gasteiger partial charge is 0.225 e. The molecule has 0 aliphatic rings. The van der Waals surface area contributed by atoms with E-state index in [0.29, 0.717) is 12.2 Å². The minimum Gasteiger partial charge on any atom is -0.326 e. The van der Waals surface area contributed by atoms with E-state index >= 15 is 0 Å². The third-order valence-electron chi connectivity index (χ3n) is 3.26. The number of carbonyl (C=O) groups is 1. The maximum Gasteiger partial charge on any atom is 0.225 e. The summed E-state index contributed by atoms with van der Waals surface area (Å²) in [7, 11) is 0. The van der Waals surface area contributed by atoms with Crippen molar-refractivity contribution in [3.63, 3.8) is 0 Å². The van der Waals surface area contributed by atoms with E-state index in [0.717, 1.165) is 21.2 Å². The second kappa shape index (κ2) is 8.08. The molecule has 3 rings (SSSR count). The van der Waals surface area contributed by atoms with Gasteiger partial charge in [0.05, 0.1) is 0 Å². The van der Waals surface area contributed by atoms with Gasteiger partial charge in [-0.2, -0.15) is 0 Å². The van der Waals surface area contributed by atoms with Gasteiger partial charge >= 0.3 is 0 Å². The maximum absolute atomic E-state index is 12.8. The van der Waals surface area contributed by atoms with Crippen molar-refractivity contribution in [1.82, 2.24) is 4.98 Å². The monoisotopic (exact) mass is 358 g/mol. The summed E-state index contributed by atoms with van der Waals surface area (Å²) in [6.45, 7) is 0. The number of nitrogens with zero attached hydrogens (tertiary/aromatic N) is 1. The largest absolute Gasteiger partial charge is 0.326 e. The Morgan fingerprint density at radius 3 is 2.54 bits per heavy atom. The molecule has 0 aliphatic heterocycles. The number of aromatic nitrogens is 1. The summed E-state index contributed by atoms with van der Waals surface area (Å²) in [5, 5.41) is 5.78. The van der Waals surface area contributed by atoms with Gasteiger partial charge in [-0.15, -0.1) is 23.1 Å². The molecule has 1 amide bonds. The topological polar surface area (TPSA) is 42.0 Å². The summed E-state index contributed by atoms with van der Waals surface area (Å²) in [6.07, 6.45) is 2.17. The summed E-state index contributed by atoms with van der Waals surface area (Å²) in [6, 6.07) is 13.9. The van der Waals surface area contributed by atoms with Crippen LogP contribution in [0.3, 0.4) is 0 Å². The Morgan fingerprint density at radius 1 is 1.12 bits per heavy atom. The molecule has 3 aromatic rings. The van der Waals surface area contributed by atoms with Gasteiger partial charge in [-0.3, -0.25) is 4.79 Å². The van der Waals surface area contributed by atoms with Crippen LogP contribution in [0, 0.1) is 5.82 Å². The van der Waals surface area contributed by atoms with Crippen molar-refractivity contribution in [3.8, 4) is 10.6 Å². The van der Waals surface area contributed by atoms with Gasteiger partial charge in [-0.25, -0.2) is 9.37 Å². The average molecular weight is 358 g/mol. The van der Waals surface area contributed by atoms with Crippen LogP contribution in [-0.2, 0) is 4.79 Å². The number of thioether (sulfide) groups is 1. The van der Waals surface area contributed by atoms with Crippen LogP contribution in [0.2, 0.25) is 0 Å². The van der Waals surface area contributed by atoms with Crippen LogP contribution in [0.15, 0.2) is 65.0 Å². The van der Waals surface area contributed by atoms with Crippen molar-refractivity contribution in [3.05, 3.63) is 65.9 Å². The maximum atomic E-state index is 12.8. The molecule has 0 aliphatic carbocycles. The SMILES string of the molecule is O=C(CCSc1ccc(F)cc1)Nc1ccc(-c2nccs2)cc1. The first-order valence-corrected chi connectivity index (χ1v) is 9.25. The third-order valence-corrected chi connectivity index (χ3v) is 5.10. The Hall–Kier alpha value is -2.18. The molecule has 3 nitrogen and oxygen atoms in total. The van der Waals surface area contributed by atoms with Crippen LogP contribution >= 0.6 is 23.1 Å². The van der Waals surface area contributed by atoms with Gasteiger partial charge in [0.25, 0.3) is 0 Å². The first-order chi connectivity index (χ1) is 11.7. The highest BCUT2D eigenvalue weighted by Crippen LogP contribution is 2.23. The Labute approximate surface area is 148 Å². The minimum absolute atomic E-state index is 0.0355. The fourth-order valence-corrected chi connectivity index (χ4v) is 3.57. The first-order valence-electron chi connectivity index (χ1n) is 7.39. The van der Waals surface area contributed by atoms with Gasteiger partial charge < -0.3 is 5.32 Å². The first kappa shape index (κ1) is 16.7. The molecule has 122 valence electrons. The molecule has 2 aromatic carbocycles. The molecule has 1 aromatic heterocycles. The van der Waals surface area contributed by atoms with Crippen LogP contribution in [0.1, 0.15) is 6.42 Å². The van der Waals surface area contributed by atoms with E-state index in [4.69, 9.17) is 0 Å². The van der Waals surface area contributed by atoms with E-state index in [1.165, 1.54) is 23.9 Å². The Morgan fingerprint density at radius 2 is 1.88 bits per heavy atom. The van der Waals surface area contributed by atoms with Crippen LogP contribution in [0.25, 0.3) is 10.6 Å². The molecule has 0 radical (unpaired) electrons. The quantitative estimate of drug-likeness (QED) is 0.626. The molecule has 1 heterocycles. The van der Waals surface area contributed by atoms with Crippen molar-refractivity contribution in [2.24, 2.45) is 0 Å². The normalized spacial score (nSPS) is 10.5. The predicted octanol–water partition coefficient (Wildman–Crippen LogP) is 5.07. The summed E-state index contributed by atoms with van der Waals surface area (Å²) >= 11 is 3.12. The number of anilines is 1. The number of thiazole rings is 1. The lowest BCUT2D eigenvalue weighted by molar-refractivity contribution is -0.115. The number of benzene rings is 2. The van der Waals surface area contributed by atoms with E-state index in [1.807, 2.05) is 29.6 Å². The molecular formula is C18H15FN2OS2. The van der Waals surface area contributed by atoms with Gasteiger partial charge in [0.2, 0.25) is 5.91 Å². The Kier molecular flexibility index (Phi) is 5.61. The average Bonchev–Trinajstić information content (AvgIpc) is 3.12. The van der Waals surface area contributed by atoms with Crippen LogP contribution < -0.4 is 5.32 Å². The van der Waals surface area contributed by atoms with Gasteiger partial charge in [-0.1, -0.05) is 0 Å². The Balaban J connectivity index is 1.47. The lowest BCUT2D eigenvalue weighted by Crippen LogP contribution is -2.12. The summed E-state index contributed by atoms with van der Waals surface area (Å²) in [5.74, 6) is 0.360. The fraction of sp³-hybridized carbons (Fsp3) is 0.111. The standard InChI is InChI=1S/C18H15FN2OS2/c19-14-3-7-16(8-4-14)23-11-9-17(22)21-15-5-1-13(2-6-15)18-20-10-12-24-18/h1-8,10,12H,9,11H2,(H,21,22). The highest BCUT2D eigenvalue weighted by Gasteiger charge is 2.05. The zero-order valence-electron chi connectivity index (χ0n) is 12.7. The molecule has 0 spiro atoms. The number of hydrogen-bond donors (Lipinski definition) is 1. The van der Waals surface area contributed by atoms with E-state index in [-0.39, 0.29) is 11.7 Å². The van der Waals surface area contributed by atoms with Crippen LogP contribution in [0.4, 0.5) is 10.1 Å². The molecule has 0 saturated carbocycles. The minimum atomic E-state index is -0.252. The van der Waals surface area contributed by atoms with Gasteiger partial charge in [0.15, 0.2) is 0 Å². The molecule has 0 saturated heterocycles. The van der Waals surface area contributed by atoms with Gasteiger partial charge in [-0.05, 0) is 48.5 Å². The number of halogens is 1. The number of hydrogen-bond acceptors (Lipinski definition) is 4. The van der Waals surface area contributed by atoms with E-state index in [1.54, 1.807) is 29.7 Å². The summed E-state index contributed by atoms with van der Waals surface area (Å²) in [5.41, 5.74) is 1.81. The fourth-order valence-electron chi connectivity index (χ4n) is 2.08. The summed E-state index contributed by atoms with van der Waals surface area (Å²) < 4.78 is 12.8. The third kappa shape index (κ3) is 4.66. The van der Waals surface area contributed by atoms with E-state index in [9.17, 15) is 9.18 Å². The lowest BCUT2D eigenvalue weighted by Gasteiger charge is -2.06. The highest BCUT2D eigenvalue weighted by molar-refractivity contribution is 7.99. The van der Waals surface area contributed by atoms with Crippen molar-refractivity contribution < 1.29 is 9.18 Å². The van der Waals surface area contributed by atoms with E-state index in [2.05, 4.69) is 10.3 Å².